The number of carbonyl (C=O) groups excluding carboxylic acids is 3. The average molecular weight is 476 g/mol. The van der Waals surface area contributed by atoms with Crippen LogP contribution in [-0.2, 0) is 9.59 Å². The van der Waals surface area contributed by atoms with Crippen LogP contribution in [0.4, 0.5) is 26.4 Å². The van der Waals surface area contributed by atoms with Gasteiger partial charge in [0.05, 0.1) is 10.7 Å². The van der Waals surface area contributed by atoms with Crippen LogP contribution in [0.3, 0.4) is 0 Å². The lowest BCUT2D eigenvalue weighted by Gasteiger charge is -2.24. The van der Waals surface area contributed by atoms with Gasteiger partial charge in [0.1, 0.15) is 17.7 Å². The molecule has 0 radical (unpaired) electrons. The molecule has 4 amide bonds. The van der Waals surface area contributed by atoms with E-state index in [4.69, 9.17) is 11.6 Å². The summed E-state index contributed by atoms with van der Waals surface area (Å²) in [7, 11) is 0. The van der Waals surface area contributed by atoms with Crippen LogP contribution in [0.2, 0.25) is 5.02 Å². The van der Waals surface area contributed by atoms with Crippen molar-refractivity contribution in [1.82, 2.24) is 9.88 Å². The van der Waals surface area contributed by atoms with E-state index in [1.807, 2.05) is 0 Å². The highest BCUT2D eigenvalue weighted by Gasteiger charge is 2.39. The van der Waals surface area contributed by atoms with Crippen LogP contribution in [0.15, 0.2) is 36.5 Å². The Morgan fingerprint density at radius 2 is 2.06 bits per heavy atom. The molecule has 33 heavy (non-hydrogen) atoms. The van der Waals surface area contributed by atoms with Crippen molar-refractivity contribution < 1.29 is 23.9 Å². The van der Waals surface area contributed by atoms with E-state index >= 15 is 0 Å². The Labute approximate surface area is 194 Å². The summed E-state index contributed by atoms with van der Waals surface area (Å²) in [6.45, 7) is 0.493. The van der Waals surface area contributed by atoms with Crippen LogP contribution in [0.5, 0.6) is 0 Å². The molecule has 174 valence electrons. The number of urea groups is 1. The standard InChI is InChI=1S/C22H23ClFN5O4/c23-14-3-6-19(25-10-14)27-22(33)29-11-13(12-30)8-18(29)21(32)26-17-5-4-15(9-16(17)24)28-7-1-2-20(28)31/h3-6,9-10,13,18,30H,1-2,7-8,11-12H2,(H,26,32)(H,25,27,33)/t13-,18-/m1/s1. The minimum absolute atomic E-state index is 0.0532. The molecule has 0 aliphatic carbocycles. The average Bonchev–Trinajstić information content (AvgIpc) is 3.43. The molecule has 0 bridgehead atoms. The third-order valence-corrected chi connectivity index (χ3v) is 5.99. The molecule has 1 aromatic carbocycles. The Hall–Kier alpha value is -3.24. The van der Waals surface area contributed by atoms with Gasteiger partial charge in [-0.05, 0) is 43.2 Å². The number of benzene rings is 1. The van der Waals surface area contributed by atoms with Gasteiger partial charge in [-0.3, -0.25) is 14.9 Å². The largest absolute Gasteiger partial charge is 0.396 e. The minimum atomic E-state index is -0.909. The van der Waals surface area contributed by atoms with Gasteiger partial charge in [0.2, 0.25) is 11.8 Å². The minimum Gasteiger partial charge on any atom is -0.396 e. The van der Waals surface area contributed by atoms with Gasteiger partial charge in [0.15, 0.2) is 0 Å². The predicted molar refractivity (Wildman–Crippen MR) is 121 cm³/mol. The highest BCUT2D eigenvalue weighted by molar-refractivity contribution is 6.30. The molecule has 3 N–H and O–H groups in total. The molecule has 0 spiro atoms. The molecule has 2 fully saturated rings. The fourth-order valence-corrected chi connectivity index (χ4v) is 4.18. The number of halogens is 2. The third-order valence-electron chi connectivity index (χ3n) is 5.77. The normalized spacial score (nSPS) is 20.3. The van der Waals surface area contributed by atoms with E-state index in [0.29, 0.717) is 23.7 Å². The molecule has 4 rings (SSSR count). The maximum atomic E-state index is 14.7. The summed E-state index contributed by atoms with van der Waals surface area (Å²) in [4.78, 5) is 44.4. The smallest absolute Gasteiger partial charge is 0.323 e. The van der Waals surface area contributed by atoms with Crippen LogP contribution in [0, 0.1) is 11.7 Å². The molecule has 2 aliphatic rings. The summed E-state index contributed by atoms with van der Waals surface area (Å²) >= 11 is 5.81. The first-order valence-corrected chi connectivity index (χ1v) is 10.9. The molecular weight excluding hydrogens is 453 g/mol. The molecule has 2 aromatic rings. The van der Waals surface area contributed by atoms with E-state index in [1.54, 1.807) is 12.1 Å². The second kappa shape index (κ2) is 9.72. The van der Waals surface area contributed by atoms with Crippen LogP contribution in [0.25, 0.3) is 0 Å². The lowest BCUT2D eigenvalue weighted by molar-refractivity contribution is -0.119. The first-order valence-electron chi connectivity index (χ1n) is 10.6. The molecule has 2 saturated heterocycles. The van der Waals surface area contributed by atoms with Crippen LogP contribution in [-0.4, -0.2) is 58.6 Å². The Morgan fingerprint density at radius 1 is 1.24 bits per heavy atom. The Kier molecular flexibility index (Phi) is 6.75. The number of amides is 4. The Morgan fingerprint density at radius 3 is 2.70 bits per heavy atom. The topological polar surface area (TPSA) is 115 Å². The Bertz CT molecular complexity index is 1070. The van der Waals surface area contributed by atoms with E-state index in [2.05, 4.69) is 15.6 Å². The number of aromatic nitrogens is 1. The summed E-state index contributed by atoms with van der Waals surface area (Å²) in [5.41, 5.74) is 0.383. The van der Waals surface area contributed by atoms with E-state index in [0.717, 1.165) is 6.42 Å². The van der Waals surface area contributed by atoms with E-state index < -0.39 is 23.8 Å². The van der Waals surface area contributed by atoms with Crippen molar-refractivity contribution in [3.05, 3.63) is 47.4 Å². The van der Waals surface area contributed by atoms with Gasteiger partial charge in [-0.1, -0.05) is 11.6 Å². The second-order valence-corrected chi connectivity index (χ2v) is 8.48. The first-order chi connectivity index (χ1) is 15.9. The summed E-state index contributed by atoms with van der Waals surface area (Å²) in [5.74, 6) is -1.36. The summed E-state index contributed by atoms with van der Waals surface area (Å²) in [6, 6.07) is 5.80. The molecule has 1 aromatic heterocycles. The van der Waals surface area contributed by atoms with Gasteiger partial charge in [-0.15, -0.1) is 0 Å². The van der Waals surface area contributed by atoms with Crippen LogP contribution >= 0.6 is 11.6 Å². The maximum Gasteiger partial charge on any atom is 0.323 e. The Balaban J connectivity index is 1.46. The van der Waals surface area contributed by atoms with Crippen molar-refractivity contribution in [3.63, 3.8) is 0 Å². The van der Waals surface area contributed by atoms with E-state index in [-0.39, 0.29) is 42.9 Å². The number of aliphatic hydroxyl groups excluding tert-OH is 1. The zero-order chi connectivity index (χ0) is 23.5. The number of pyridine rings is 1. The fourth-order valence-electron chi connectivity index (χ4n) is 4.07. The van der Waals surface area contributed by atoms with Gasteiger partial charge >= 0.3 is 6.03 Å². The predicted octanol–water partition coefficient (Wildman–Crippen LogP) is 2.85. The molecule has 9 nitrogen and oxygen atoms in total. The third kappa shape index (κ3) is 5.07. The zero-order valence-corrected chi connectivity index (χ0v) is 18.4. The van der Waals surface area contributed by atoms with E-state index in [9.17, 15) is 23.9 Å². The lowest BCUT2D eigenvalue weighted by atomic mass is 10.1. The fraction of sp³-hybridized carbons (Fsp3) is 0.364. The SMILES string of the molecule is O=C(Nc1ccc(N2CCCC2=O)cc1F)[C@H]1C[C@@H](CO)CN1C(=O)Nc1ccc(Cl)cn1. The molecule has 3 heterocycles. The molecule has 2 atom stereocenters. The van der Waals surface area contributed by atoms with Gasteiger partial charge in [0, 0.05) is 43.9 Å². The van der Waals surface area contributed by atoms with Crippen molar-refractivity contribution in [2.24, 2.45) is 5.92 Å². The molecular formula is C22H23ClFN5O4. The number of aliphatic hydroxyl groups is 1. The summed E-state index contributed by atoms with van der Waals surface area (Å²) in [5, 5.41) is 15.1. The van der Waals surface area contributed by atoms with Crippen molar-refractivity contribution in [3.8, 4) is 0 Å². The molecule has 11 heteroatoms. The number of likely N-dealkylation sites (tertiary alicyclic amines) is 1. The highest BCUT2D eigenvalue weighted by atomic mass is 35.5. The van der Waals surface area contributed by atoms with Gasteiger partial charge < -0.3 is 20.2 Å². The summed E-state index contributed by atoms with van der Waals surface area (Å²) in [6.07, 6.45) is 2.75. The second-order valence-electron chi connectivity index (χ2n) is 8.05. The number of hydrogen-bond donors (Lipinski definition) is 3. The number of rotatable bonds is 5. The van der Waals surface area contributed by atoms with Gasteiger partial charge in [-0.25, -0.2) is 14.2 Å². The maximum absolute atomic E-state index is 14.7. The van der Waals surface area contributed by atoms with Crippen LogP contribution < -0.4 is 15.5 Å². The quantitative estimate of drug-likeness (QED) is 0.615. The number of anilines is 3. The number of nitrogens with zero attached hydrogens (tertiary/aromatic N) is 3. The summed E-state index contributed by atoms with van der Waals surface area (Å²) < 4.78 is 14.7. The highest BCUT2D eigenvalue weighted by Crippen LogP contribution is 2.28. The number of hydrogen-bond acceptors (Lipinski definition) is 5. The zero-order valence-electron chi connectivity index (χ0n) is 17.6. The molecule has 0 saturated carbocycles. The lowest BCUT2D eigenvalue weighted by Crippen LogP contribution is -2.45. The van der Waals surface area contributed by atoms with Crippen molar-refractivity contribution in [1.29, 1.82) is 0 Å². The van der Waals surface area contributed by atoms with Crippen molar-refractivity contribution >= 4 is 46.6 Å². The number of nitrogens with one attached hydrogen (secondary N) is 2. The van der Waals surface area contributed by atoms with Crippen molar-refractivity contribution in [2.75, 3.05) is 35.2 Å². The van der Waals surface area contributed by atoms with E-state index in [1.165, 1.54) is 34.2 Å². The van der Waals surface area contributed by atoms with Gasteiger partial charge in [-0.2, -0.15) is 0 Å². The van der Waals surface area contributed by atoms with Crippen molar-refractivity contribution in [2.45, 2.75) is 25.3 Å². The first kappa shape index (κ1) is 22.9. The molecule has 2 aliphatic heterocycles. The molecule has 0 unspecified atom stereocenters. The monoisotopic (exact) mass is 475 g/mol. The number of carbonyl (C=O) groups is 3. The van der Waals surface area contributed by atoms with Gasteiger partial charge in [0.25, 0.3) is 0 Å². The van der Waals surface area contributed by atoms with Crippen LogP contribution in [0.1, 0.15) is 19.3 Å².